The van der Waals surface area contributed by atoms with Gasteiger partial charge in [-0.15, -0.1) is 0 Å². The summed E-state index contributed by atoms with van der Waals surface area (Å²) in [6.45, 7) is 1.83. The van der Waals surface area contributed by atoms with Crippen molar-refractivity contribution in [2.75, 3.05) is 6.54 Å². The van der Waals surface area contributed by atoms with E-state index in [2.05, 4.69) is 87.8 Å². The molecule has 1 amide bonds. The number of amides is 1. The molecule has 6 rings (SSSR count). The van der Waals surface area contributed by atoms with Crippen LogP contribution in [0.3, 0.4) is 0 Å². The van der Waals surface area contributed by atoms with E-state index in [4.69, 9.17) is 5.21 Å². The maximum Gasteiger partial charge on any atom is 0.267 e. The van der Waals surface area contributed by atoms with Crippen LogP contribution in [-0.2, 0) is 24.2 Å². The van der Waals surface area contributed by atoms with E-state index in [-0.39, 0.29) is 0 Å². The number of para-hydroxylation sites is 1. The summed E-state index contributed by atoms with van der Waals surface area (Å²) in [4.78, 5) is 20.7. The van der Waals surface area contributed by atoms with Crippen LogP contribution in [-0.4, -0.2) is 32.5 Å². The standard InChI is InChI=1S/C31H30N4O2/c36-31(34-37)12-7-21-5-9-27-23(17-21)8-11-30(27)35(20-22-6-10-28-24(18-22)13-15-32-28)16-14-25-19-33-29-4-2-1-3-26(25)29/h1-7,9-10,12-13,15,17-19,30,32-33,37H,8,11,14,16,20H2,(H,34,36). The van der Waals surface area contributed by atoms with Gasteiger partial charge in [0.2, 0.25) is 0 Å². The Kier molecular flexibility index (Phi) is 6.35. The largest absolute Gasteiger partial charge is 0.361 e. The topological polar surface area (TPSA) is 84.2 Å². The number of nitrogens with zero attached hydrogens (tertiary/aromatic N) is 1. The van der Waals surface area contributed by atoms with Crippen LogP contribution in [0.4, 0.5) is 0 Å². The second-order valence-corrected chi connectivity index (χ2v) is 9.80. The van der Waals surface area contributed by atoms with Crippen LogP contribution in [0.5, 0.6) is 0 Å². The van der Waals surface area contributed by atoms with Gasteiger partial charge in [-0.3, -0.25) is 14.9 Å². The maximum atomic E-state index is 11.4. The number of benzene rings is 3. The van der Waals surface area contributed by atoms with Gasteiger partial charge in [0.05, 0.1) is 0 Å². The quantitative estimate of drug-likeness (QED) is 0.124. The molecule has 0 spiro atoms. The maximum absolute atomic E-state index is 11.4. The number of aryl methyl sites for hydroxylation is 1. The molecule has 1 aliphatic carbocycles. The van der Waals surface area contributed by atoms with Gasteiger partial charge in [0.15, 0.2) is 0 Å². The first-order valence-corrected chi connectivity index (χ1v) is 12.8. The Morgan fingerprint density at radius 3 is 2.89 bits per heavy atom. The number of hydroxylamine groups is 1. The molecular formula is C31H30N4O2. The van der Waals surface area contributed by atoms with E-state index in [1.165, 1.54) is 44.6 Å². The fourth-order valence-corrected chi connectivity index (χ4v) is 5.69. The molecule has 2 heterocycles. The fraction of sp³-hybridized carbons (Fsp3) is 0.194. The van der Waals surface area contributed by atoms with Crippen molar-refractivity contribution in [1.29, 1.82) is 0 Å². The number of carbonyl (C=O) groups excluding carboxylic acids is 1. The Balaban J connectivity index is 1.28. The van der Waals surface area contributed by atoms with E-state index in [1.807, 2.05) is 6.20 Å². The van der Waals surface area contributed by atoms with Crippen LogP contribution in [0.15, 0.2) is 85.2 Å². The third-order valence-corrected chi connectivity index (χ3v) is 7.54. The molecule has 0 saturated carbocycles. The minimum atomic E-state index is -0.527. The number of aromatic nitrogens is 2. The third kappa shape index (κ3) is 4.81. The highest BCUT2D eigenvalue weighted by Crippen LogP contribution is 2.38. The van der Waals surface area contributed by atoms with Crippen molar-refractivity contribution >= 4 is 33.8 Å². The first kappa shape index (κ1) is 23.3. The van der Waals surface area contributed by atoms with Crippen LogP contribution >= 0.6 is 0 Å². The molecular weight excluding hydrogens is 460 g/mol. The van der Waals surface area contributed by atoms with E-state index in [9.17, 15) is 4.79 Å². The predicted octanol–water partition coefficient (Wildman–Crippen LogP) is 5.90. The van der Waals surface area contributed by atoms with E-state index in [0.29, 0.717) is 6.04 Å². The van der Waals surface area contributed by atoms with E-state index < -0.39 is 5.91 Å². The summed E-state index contributed by atoms with van der Waals surface area (Å²) in [6, 6.07) is 24.1. The van der Waals surface area contributed by atoms with Gasteiger partial charge in [0.25, 0.3) is 5.91 Å². The van der Waals surface area contributed by atoms with Gasteiger partial charge < -0.3 is 9.97 Å². The number of rotatable bonds is 8. The lowest BCUT2D eigenvalue weighted by Gasteiger charge is -2.30. The lowest BCUT2D eigenvalue weighted by Crippen LogP contribution is -2.29. The molecule has 0 saturated heterocycles. The van der Waals surface area contributed by atoms with Gasteiger partial charge in [0.1, 0.15) is 0 Å². The highest BCUT2D eigenvalue weighted by atomic mass is 16.5. The SMILES string of the molecule is O=C(C=Cc1ccc2c(c1)CCC2N(CCc1c[nH]c2ccccc12)Cc1ccc2[nH]ccc2c1)NO. The summed E-state index contributed by atoms with van der Waals surface area (Å²) >= 11 is 0. The van der Waals surface area contributed by atoms with Crippen LogP contribution in [0.1, 0.15) is 40.3 Å². The van der Waals surface area contributed by atoms with Crippen molar-refractivity contribution in [3.05, 3.63) is 113 Å². The molecule has 4 N–H and O–H groups in total. The minimum absolute atomic E-state index is 0.334. The molecule has 5 aromatic rings. The summed E-state index contributed by atoms with van der Waals surface area (Å²) in [5.41, 5.74) is 10.3. The van der Waals surface area contributed by atoms with Crippen LogP contribution in [0, 0.1) is 0 Å². The van der Waals surface area contributed by atoms with Crippen molar-refractivity contribution in [2.24, 2.45) is 0 Å². The van der Waals surface area contributed by atoms with Crippen LogP contribution < -0.4 is 5.48 Å². The molecule has 1 atom stereocenters. The van der Waals surface area contributed by atoms with Crippen molar-refractivity contribution in [3.8, 4) is 0 Å². The number of nitrogens with one attached hydrogen (secondary N) is 3. The number of fused-ring (bicyclic) bond motifs is 3. The van der Waals surface area contributed by atoms with Gasteiger partial charge >= 0.3 is 0 Å². The molecule has 0 bridgehead atoms. The van der Waals surface area contributed by atoms with Gasteiger partial charge in [-0.25, -0.2) is 5.48 Å². The summed E-state index contributed by atoms with van der Waals surface area (Å²) in [7, 11) is 0. The molecule has 186 valence electrons. The Morgan fingerprint density at radius 2 is 1.97 bits per heavy atom. The van der Waals surface area contributed by atoms with Gasteiger partial charge in [-0.1, -0.05) is 42.5 Å². The Morgan fingerprint density at radius 1 is 1.05 bits per heavy atom. The van der Waals surface area contributed by atoms with Gasteiger partial charge in [0, 0.05) is 54.0 Å². The Labute approximate surface area is 215 Å². The first-order valence-electron chi connectivity index (χ1n) is 12.8. The zero-order valence-electron chi connectivity index (χ0n) is 20.6. The number of aromatic amines is 2. The number of H-pyrrole nitrogens is 2. The van der Waals surface area contributed by atoms with Crippen LogP contribution in [0.25, 0.3) is 27.9 Å². The monoisotopic (exact) mass is 490 g/mol. The number of hydrogen-bond donors (Lipinski definition) is 4. The lowest BCUT2D eigenvalue weighted by atomic mass is 10.0. The molecule has 6 heteroatoms. The average Bonchev–Trinajstić information content (AvgIpc) is 3.67. The van der Waals surface area contributed by atoms with Crippen molar-refractivity contribution < 1.29 is 10.0 Å². The predicted molar refractivity (Wildman–Crippen MR) is 147 cm³/mol. The zero-order valence-corrected chi connectivity index (χ0v) is 20.6. The smallest absolute Gasteiger partial charge is 0.267 e. The second kappa shape index (κ2) is 10.1. The van der Waals surface area contributed by atoms with Gasteiger partial charge in [-0.2, -0.15) is 0 Å². The molecule has 2 aromatic heterocycles. The normalized spacial score (nSPS) is 15.2. The molecule has 0 radical (unpaired) electrons. The lowest BCUT2D eigenvalue weighted by molar-refractivity contribution is -0.124. The summed E-state index contributed by atoms with van der Waals surface area (Å²) in [5.74, 6) is -0.527. The van der Waals surface area contributed by atoms with Crippen molar-refractivity contribution in [2.45, 2.75) is 31.8 Å². The fourth-order valence-electron chi connectivity index (χ4n) is 5.69. The molecule has 0 aliphatic heterocycles. The third-order valence-electron chi connectivity index (χ3n) is 7.54. The van der Waals surface area contributed by atoms with Crippen LogP contribution in [0.2, 0.25) is 0 Å². The average molecular weight is 491 g/mol. The first-order chi connectivity index (χ1) is 18.2. The molecule has 37 heavy (non-hydrogen) atoms. The number of carbonyl (C=O) groups is 1. The summed E-state index contributed by atoms with van der Waals surface area (Å²) in [6.07, 6.45) is 10.3. The van der Waals surface area contributed by atoms with Crippen molar-refractivity contribution in [1.82, 2.24) is 20.3 Å². The minimum Gasteiger partial charge on any atom is -0.361 e. The molecule has 3 aromatic carbocycles. The highest BCUT2D eigenvalue weighted by molar-refractivity contribution is 5.90. The second-order valence-electron chi connectivity index (χ2n) is 9.80. The molecule has 1 aliphatic rings. The molecule has 1 unspecified atom stereocenters. The Hall–Kier alpha value is -4.13. The summed E-state index contributed by atoms with van der Waals surface area (Å²) < 4.78 is 0. The Bertz CT molecular complexity index is 1600. The zero-order chi connectivity index (χ0) is 25.2. The highest BCUT2D eigenvalue weighted by Gasteiger charge is 2.28. The van der Waals surface area contributed by atoms with E-state index in [0.717, 1.165) is 43.4 Å². The molecule has 6 nitrogen and oxygen atoms in total. The van der Waals surface area contributed by atoms with E-state index >= 15 is 0 Å². The van der Waals surface area contributed by atoms with Crippen molar-refractivity contribution in [3.63, 3.8) is 0 Å². The number of hydrogen-bond acceptors (Lipinski definition) is 3. The van der Waals surface area contributed by atoms with E-state index in [1.54, 1.807) is 11.6 Å². The molecule has 0 fully saturated rings. The summed E-state index contributed by atoms with van der Waals surface area (Å²) in [5, 5.41) is 11.3. The van der Waals surface area contributed by atoms with Gasteiger partial charge in [-0.05, 0) is 82.8 Å².